The summed E-state index contributed by atoms with van der Waals surface area (Å²) in [7, 11) is 0. The lowest BCUT2D eigenvalue weighted by atomic mass is 10.2. The highest BCUT2D eigenvalue weighted by Gasteiger charge is 2.13. The van der Waals surface area contributed by atoms with Crippen molar-refractivity contribution in [2.45, 2.75) is 33.1 Å². The Morgan fingerprint density at radius 1 is 1.29 bits per heavy atom. The van der Waals surface area contributed by atoms with Crippen LogP contribution in [-0.4, -0.2) is 36.1 Å². The molecular formula is C13H22N4. The van der Waals surface area contributed by atoms with E-state index in [1.807, 2.05) is 0 Å². The molecule has 4 nitrogen and oxygen atoms in total. The summed E-state index contributed by atoms with van der Waals surface area (Å²) in [6.07, 6.45) is 3.35. The highest BCUT2D eigenvalue weighted by atomic mass is 15.3. The molecule has 0 amide bonds. The molecule has 1 aromatic heterocycles. The molecule has 1 saturated heterocycles. The lowest BCUT2D eigenvalue weighted by Crippen LogP contribution is -2.29. The third-order valence-electron chi connectivity index (χ3n) is 3.02. The van der Waals surface area contributed by atoms with Gasteiger partial charge in [-0.15, -0.1) is 0 Å². The van der Waals surface area contributed by atoms with Crippen LogP contribution in [0.25, 0.3) is 0 Å². The van der Waals surface area contributed by atoms with Gasteiger partial charge in [-0.3, -0.25) is 0 Å². The minimum Gasteiger partial charge on any atom is -0.339 e. The van der Waals surface area contributed by atoms with Crippen LogP contribution in [0, 0.1) is 6.92 Å². The van der Waals surface area contributed by atoms with Crippen molar-refractivity contribution in [2.24, 2.45) is 0 Å². The van der Waals surface area contributed by atoms with Gasteiger partial charge in [0.05, 0.1) is 0 Å². The summed E-state index contributed by atoms with van der Waals surface area (Å²) in [6.45, 7) is 8.44. The van der Waals surface area contributed by atoms with Gasteiger partial charge in [-0.1, -0.05) is 13.3 Å². The van der Waals surface area contributed by atoms with Crippen LogP contribution < -0.4 is 10.2 Å². The summed E-state index contributed by atoms with van der Waals surface area (Å²) >= 11 is 0. The highest BCUT2D eigenvalue weighted by molar-refractivity contribution is 5.32. The molecule has 17 heavy (non-hydrogen) atoms. The molecule has 2 heterocycles. The number of aryl methyl sites for hydroxylation is 2. The predicted octanol–water partition coefficient (Wildman–Crippen LogP) is 1.54. The largest absolute Gasteiger partial charge is 0.339 e. The van der Waals surface area contributed by atoms with Gasteiger partial charge in [-0.05, 0) is 32.4 Å². The fourth-order valence-electron chi connectivity index (χ4n) is 2.19. The standard InChI is InChI=1S/C13H22N4/c1-3-5-12-10-11(2)15-13(16-12)17-8-4-6-14-7-9-17/h10,14H,3-9H2,1-2H3. The molecule has 0 aromatic carbocycles. The van der Waals surface area contributed by atoms with Crippen molar-refractivity contribution >= 4 is 5.95 Å². The summed E-state index contributed by atoms with van der Waals surface area (Å²) < 4.78 is 0. The number of nitrogens with zero attached hydrogens (tertiary/aromatic N) is 3. The maximum Gasteiger partial charge on any atom is 0.225 e. The number of hydrogen-bond acceptors (Lipinski definition) is 4. The maximum absolute atomic E-state index is 4.68. The fourth-order valence-corrected chi connectivity index (χ4v) is 2.19. The highest BCUT2D eigenvalue weighted by Crippen LogP contribution is 2.12. The number of nitrogens with one attached hydrogen (secondary N) is 1. The predicted molar refractivity (Wildman–Crippen MR) is 70.5 cm³/mol. The van der Waals surface area contributed by atoms with Gasteiger partial charge >= 0.3 is 0 Å². The van der Waals surface area contributed by atoms with Gasteiger partial charge in [0.25, 0.3) is 0 Å². The molecule has 1 aromatic rings. The van der Waals surface area contributed by atoms with E-state index in [2.05, 4.69) is 40.1 Å². The lowest BCUT2D eigenvalue weighted by molar-refractivity contribution is 0.724. The van der Waals surface area contributed by atoms with Crippen molar-refractivity contribution in [3.8, 4) is 0 Å². The van der Waals surface area contributed by atoms with Crippen molar-refractivity contribution in [1.82, 2.24) is 15.3 Å². The van der Waals surface area contributed by atoms with Crippen LogP contribution in [0.3, 0.4) is 0 Å². The van der Waals surface area contributed by atoms with Gasteiger partial charge in [0.2, 0.25) is 5.95 Å². The molecule has 0 radical (unpaired) electrons. The average Bonchev–Trinajstić information content (AvgIpc) is 2.57. The van der Waals surface area contributed by atoms with E-state index in [-0.39, 0.29) is 0 Å². The average molecular weight is 234 g/mol. The quantitative estimate of drug-likeness (QED) is 0.861. The van der Waals surface area contributed by atoms with Crippen LogP contribution in [0.4, 0.5) is 5.95 Å². The van der Waals surface area contributed by atoms with Crippen LogP contribution in [0.15, 0.2) is 6.07 Å². The Morgan fingerprint density at radius 3 is 3.00 bits per heavy atom. The number of aromatic nitrogens is 2. The van der Waals surface area contributed by atoms with Gasteiger partial charge in [-0.2, -0.15) is 0 Å². The number of anilines is 1. The SMILES string of the molecule is CCCc1cc(C)nc(N2CCCNCC2)n1. The van der Waals surface area contributed by atoms with Gasteiger partial charge in [0.1, 0.15) is 0 Å². The lowest BCUT2D eigenvalue weighted by Gasteiger charge is -2.20. The molecule has 0 aliphatic carbocycles. The van der Waals surface area contributed by atoms with E-state index in [0.717, 1.165) is 50.7 Å². The molecule has 1 aliphatic heterocycles. The minimum atomic E-state index is 0.914. The zero-order valence-corrected chi connectivity index (χ0v) is 10.9. The van der Waals surface area contributed by atoms with Crippen LogP contribution in [0.5, 0.6) is 0 Å². The van der Waals surface area contributed by atoms with E-state index < -0.39 is 0 Å². The third kappa shape index (κ3) is 3.40. The Hall–Kier alpha value is -1.16. The fraction of sp³-hybridized carbons (Fsp3) is 0.692. The zero-order chi connectivity index (χ0) is 12.1. The van der Waals surface area contributed by atoms with E-state index in [0.29, 0.717) is 0 Å². The number of rotatable bonds is 3. The maximum atomic E-state index is 4.68. The van der Waals surface area contributed by atoms with Crippen LogP contribution >= 0.6 is 0 Å². The first-order valence-electron chi connectivity index (χ1n) is 6.60. The van der Waals surface area contributed by atoms with Gasteiger partial charge in [0.15, 0.2) is 0 Å². The van der Waals surface area contributed by atoms with Gasteiger partial charge < -0.3 is 10.2 Å². The van der Waals surface area contributed by atoms with Crippen LogP contribution in [0.2, 0.25) is 0 Å². The molecule has 4 heteroatoms. The molecule has 0 spiro atoms. The van der Waals surface area contributed by atoms with Crippen LogP contribution in [0.1, 0.15) is 31.2 Å². The molecule has 1 N–H and O–H groups in total. The van der Waals surface area contributed by atoms with Crippen molar-refractivity contribution in [3.05, 3.63) is 17.5 Å². The second-order valence-corrected chi connectivity index (χ2v) is 4.64. The van der Waals surface area contributed by atoms with Crippen molar-refractivity contribution < 1.29 is 0 Å². The Balaban J connectivity index is 2.17. The van der Waals surface area contributed by atoms with E-state index in [4.69, 9.17) is 0 Å². The molecule has 1 fully saturated rings. The Kier molecular flexibility index (Phi) is 4.31. The molecule has 0 atom stereocenters. The molecule has 0 saturated carbocycles. The van der Waals surface area contributed by atoms with Crippen molar-refractivity contribution in [3.63, 3.8) is 0 Å². The van der Waals surface area contributed by atoms with E-state index in [9.17, 15) is 0 Å². The van der Waals surface area contributed by atoms with Crippen molar-refractivity contribution in [1.29, 1.82) is 0 Å². The zero-order valence-electron chi connectivity index (χ0n) is 10.9. The second kappa shape index (κ2) is 5.96. The van der Waals surface area contributed by atoms with Gasteiger partial charge in [0, 0.05) is 31.0 Å². The summed E-state index contributed by atoms with van der Waals surface area (Å²) in [5, 5.41) is 3.40. The summed E-state index contributed by atoms with van der Waals surface area (Å²) in [5.41, 5.74) is 2.25. The topological polar surface area (TPSA) is 41.1 Å². The molecule has 0 unspecified atom stereocenters. The Morgan fingerprint density at radius 2 is 2.18 bits per heavy atom. The van der Waals surface area contributed by atoms with Gasteiger partial charge in [-0.25, -0.2) is 9.97 Å². The monoisotopic (exact) mass is 234 g/mol. The molecule has 2 rings (SSSR count). The number of hydrogen-bond donors (Lipinski definition) is 1. The Labute approximate surface area is 103 Å². The summed E-state index contributed by atoms with van der Waals surface area (Å²) in [4.78, 5) is 11.5. The van der Waals surface area contributed by atoms with E-state index >= 15 is 0 Å². The first kappa shape index (κ1) is 12.3. The summed E-state index contributed by atoms with van der Waals surface area (Å²) in [5.74, 6) is 0.914. The molecular weight excluding hydrogens is 212 g/mol. The minimum absolute atomic E-state index is 0.914. The smallest absolute Gasteiger partial charge is 0.225 e. The Bertz CT molecular complexity index is 356. The normalized spacial score (nSPS) is 16.9. The van der Waals surface area contributed by atoms with Crippen LogP contribution in [-0.2, 0) is 6.42 Å². The first-order valence-corrected chi connectivity index (χ1v) is 6.60. The second-order valence-electron chi connectivity index (χ2n) is 4.64. The van der Waals surface area contributed by atoms with E-state index in [1.165, 1.54) is 12.1 Å². The van der Waals surface area contributed by atoms with E-state index in [1.54, 1.807) is 0 Å². The third-order valence-corrected chi connectivity index (χ3v) is 3.02. The summed E-state index contributed by atoms with van der Waals surface area (Å²) in [6, 6.07) is 2.10. The molecule has 1 aliphatic rings. The molecule has 94 valence electrons. The van der Waals surface area contributed by atoms with Crippen molar-refractivity contribution in [2.75, 3.05) is 31.1 Å². The first-order chi connectivity index (χ1) is 8.29. The molecule has 0 bridgehead atoms.